The molecule has 0 bridgehead atoms. The molecule has 2 rings (SSSR count). The number of carbonyl (C=O) groups excluding carboxylic acids is 1. The Morgan fingerprint density at radius 1 is 1.44 bits per heavy atom. The number of nitrogens with zero attached hydrogens (tertiary/aromatic N) is 4. The monoisotopic (exact) mass is 230 g/mol. The van der Waals surface area contributed by atoms with Crippen LogP contribution in [0.1, 0.15) is 23.1 Å². The Labute approximate surface area is 86.9 Å². The van der Waals surface area contributed by atoms with E-state index in [0.29, 0.717) is 0 Å². The Hall–Kier alpha value is -1.99. The van der Waals surface area contributed by atoms with Gasteiger partial charge in [0, 0.05) is 12.4 Å². The van der Waals surface area contributed by atoms with Crippen LogP contribution in [0.4, 0.5) is 13.2 Å². The zero-order valence-corrected chi connectivity index (χ0v) is 7.99. The fraction of sp³-hybridized carbons (Fsp3) is 0.250. The molecule has 0 unspecified atom stereocenters. The summed E-state index contributed by atoms with van der Waals surface area (Å²) in [6.45, 7) is 1.28. The molecule has 0 aliphatic carbocycles. The minimum atomic E-state index is -4.62. The summed E-state index contributed by atoms with van der Waals surface area (Å²) in [5.74, 6) is -1.78. The molecule has 0 amide bonds. The van der Waals surface area contributed by atoms with E-state index in [1.165, 1.54) is 6.92 Å². The summed E-state index contributed by atoms with van der Waals surface area (Å²) < 4.78 is 37.6. The molecule has 0 aromatic carbocycles. The van der Waals surface area contributed by atoms with E-state index in [0.717, 1.165) is 16.9 Å². The predicted octanol–water partition coefficient (Wildman–Crippen LogP) is 1.35. The van der Waals surface area contributed by atoms with Crippen LogP contribution in [0.3, 0.4) is 0 Å². The van der Waals surface area contributed by atoms with E-state index < -0.39 is 12.0 Å². The van der Waals surface area contributed by atoms with E-state index in [9.17, 15) is 18.0 Å². The van der Waals surface area contributed by atoms with Crippen LogP contribution in [0.15, 0.2) is 12.4 Å². The van der Waals surface area contributed by atoms with Gasteiger partial charge in [0.05, 0.1) is 5.56 Å². The first-order valence-electron chi connectivity index (χ1n) is 4.18. The van der Waals surface area contributed by atoms with Crippen LogP contribution in [0.25, 0.3) is 5.78 Å². The molecular weight excluding hydrogens is 225 g/mol. The number of hydrogen-bond acceptors (Lipinski definition) is 4. The van der Waals surface area contributed by atoms with Crippen molar-refractivity contribution in [3.63, 3.8) is 0 Å². The Morgan fingerprint density at radius 2 is 2.12 bits per heavy atom. The minimum absolute atomic E-state index is 0.172. The zero-order chi connectivity index (χ0) is 11.9. The Morgan fingerprint density at radius 3 is 2.69 bits per heavy atom. The van der Waals surface area contributed by atoms with Gasteiger partial charge in [-0.25, -0.2) is 9.50 Å². The maximum atomic E-state index is 12.3. The Kier molecular flexibility index (Phi) is 2.14. The molecule has 8 heteroatoms. The van der Waals surface area contributed by atoms with E-state index >= 15 is 0 Å². The summed E-state index contributed by atoms with van der Waals surface area (Å²) in [5.41, 5.74) is 0.172. The molecule has 0 saturated carbocycles. The fourth-order valence-corrected chi connectivity index (χ4v) is 1.08. The lowest BCUT2D eigenvalue weighted by atomic mass is 10.2. The number of halogens is 3. The number of rotatable bonds is 1. The van der Waals surface area contributed by atoms with Crippen molar-refractivity contribution in [1.29, 1.82) is 0 Å². The van der Waals surface area contributed by atoms with Gasteiger partial charge >= 0.3 is 6.18 Å². The summed E-state index contributed by atoms with van der Waals surface area (Å²) in [6, 6.07) is 0. The van der Waals surface area contributed by atoms with Gasteiger partial charge in [-0.05, 0) is 6.92 Å². The number of fused-ring (bicyclic) bond motifs is 1. The number of aromatic nitrogens is 4. The van der Waals surface area contributed by atoms with Crippen LogP contribution >= 0.6 is 0 Å². The molecule has 0 N–H and O–H groups in total. The van der Waals surface area contributed by atoms with Gasteiger partial charge in [0.1, 0.15) is 0 Å². The first-order valence-corrected chi connectivity index (χ1v) is 4.18. The molecule has 0 aliphatic heterocycles. The van der Waals surface area contributed by atoms with Crippen molar-refractivity contribution in [1.82, 2.24) is 19.6 Å². The lowest BCUT2D eigenvalue weighted by molar-refractivity contribution is -0.144. The van der Waals surface area contributed by atoms with Crippen molar-refractivity contribution in [3.8, 4) is 0 Å². The highest BCUT2D eigenvalue weighted by Gasteiger charge is 2.36. The zero-order valence-electron chi connectivity index (χ0n) is 7.99. The van der Waals surface area contributed by atoms with Gasteiger partial charge in [0.2, 0.25) is 0 Å². The van der Waals surface area contributed by atoms with Crippen LogP contribution in [0, 0.1) is 0 Å². The summed E-state index contributed by atoms with van der Waals surface area (Å²) >= 11 is 0. The van der Waals surface area contributed by atoms with Gasteiger partial charge in [0.25, 0.3) is 11.6 Å². The van der Waals surface area contributed by atoms with E-state index in [4.69, 9.17) is 0 Å². The Balaban J connectivity index is 2.59. The third kappa shape index (κ3) is 1.73. The molecule has 16 heavy (non-hydrogen) atoms. The van der Waals surface area contributed by atoms with Crippen LogP contribution in [-0.4, -0.2) is 25.4 Å². The van der Waals surface area contributed by atoms with E-state index in [1.807, 2.05) is 0 Å². The van der Waals surface area contributed by atoms with Crippen LogP contribution in [-0.2, 0) is 6.18 Å². The SMILES string of the molecule is CC(=O)c1cnc2nc(C(F)(F)F)nn2c1. The fourth-order valence-electron chi connectivity index (χ4n) is 1.08. The second-order valence-electron chi connectivity index (χ2n) is 3.08. The van der Waals surface area contributed by atoms with E-state index in [1.54, 1.807) is 0 Å². The molecule has 2 heterocycles. The topological polar surface area (TPSA) is 60.2 Å². The summed E-state index contributed by atoms with van der Waals surface area (Å²) in [5, 5.41) is 3.19. The summed E-state index contributed by atoms with van der Waals surface area (Å²) in [4.78, 5) is 17.8. The number of carbonyl (C=O) groups is 1. The molecule has 0 aliphatic rings. The third-order valence-corrected chi connectivity index (χ3v) is 1.85. The maximum absolute atomic E-state index is 12.3. The average molecular weight is 230 g/mol. The molecule has 0 saturated heterocycles. The highest BCUT2D eigenvalue weighted by Crippen LogP contribution is 2.26. The normalized spacial score (nSPS) is 12.0. The molecule has 2 aromatic heterocycles. The van der Waals surface area contributed by atoms with Crippen molar-refractivity contribution in [2.75, 3.05) is 0 Å². The standard InChI is InChI=1S/C8H5F3N4O/c1-4(16)5-2-12-7-13-6(8(9,10)11)14-15(7)3-5/h2-3H,1H3. The maximum Gasteiger partial charge on any atom is 0.453 e. The van der Waals surface area contributed by atoms with Crippen molar-refractivity contribution >= 4 is 11.6 Å². The largest absolute Gasteiger partial charge is 0.453 e. The number of ketones is 1. The van der Waals surface area contributed by atoms with Gasteiger partial charge in [0.15, 0.2) is 5.78 Å². The van der Waals surface area contributed by atoms with Gasteiger partial charge in [-0.1, -0.05) is 0 Å². The minimum Gasteiger partial charge on any atom is -0.294 e. The van der Waals surface area contributed by atoms with Gasteiger partial charge in [-0.2, -0.15) is 18.2 Å². The van der Waals surface area contributed by atoms with Gasteiger partial charge < -0.3 is 0 Å². The average Bonchev–Trinajstić information content (AvgIpc) is 2.58. The summed E-state index contributed by atoms with van der Waals surface area (Å²) in [6.07, 6.45) is -2.30. The lowest BCUT2D eigenvalue weighted by Gasteiger charge is -1.96. The Bertz CT molecular complexity index is 560. The first kappa shape index (κ1) is 10.5. The molecule has 0 spiro atoms. The van der Waals surface area contributed by atoms with Crippen molar-refractivity contribution in [2.24, 2.45) is 0 Å². The quantitative estimate of drug-likeness (QED) is 0.693. The lowest BCUT2D eigenvalue weighted by Crippen LogP contribution is -2.07. The number of Topliss-reactive ketones (excluding diaryl/α,β-unsaturated/α-hetero) is 1. The smallest absolute Gasteiger partial charge is 0.294 e. The highest BCUT2D eigenvalue weighted by molar-refractivity contribution is 5.93. The molecule has 2 aromatic rings. The van der Waals surface area contributed by atoms with Gasteiger partial charge in [-0.3, -0.25) is 4.79 Å². The molecule has 84 valence electrons. The van der Waals surface area contributed by atoms with Crippen LogP contribution in [0.2, 0.25) is 0 Å². The first-order chi connectivity index (χ1) is 7.38. The molecule has 0 radical (unpaired) electrons. The molecule has 0 atom stereocenters. The number of alkyl halides is 3. The van der Waals surface area contributed by atoms with E-state index in [-0.39, 0.29) is 17.1 Å². The van der Waals surface area contributed by atoms with Crippen molar-refractivity contribution < 1.29 is 18.0 Å². The summed E-state index contributed by atoms with van der Waals surface area (Å²) in [7, 11) is 0. The second kappa shape index (κ2) is 3.26. The van der Waals surface area contributed by atoms with E-state index in [2.05, 4.69) is 15.1 Å². The molecule has 0 fully saturated rings. The highest BCUT2D eigenvalue weighted by atomic mass is 19.4. The third-order valence-electron chi connectivity index (χ3n) is 1.85. The number of hydrogen-bond donors (Lipinski definition) is 0. The van der Waals surface area contributed by atoms with Crippen molar-refractivity contribution in [3.05, 3.63) is 23.8 Å². The molecular formula is C8H5F3N4O. The molecule has 5 nitrogen and oxygen atoms in total. The second-order valence-corrected chi connectivity index (χ2v) is 3.08. The van der Waals surface area contributed by atoms with Crippen LogP contribution < -0.4 is 0 Å². The van der Waals surface area contributed by atoms with Crippen LogP contribution in [0.5, 0.6) is 0 Å². The van der Waals surface area contributed by atoms with Gasteiger partial charge in [-0.15, -0.1) is 5.10 Å². The van der Waals surface area contributed by atoms with Crippen molar-refractivity contribution in [2.45, 2.75) is 13.1 Å². The predicted molar refractivity (Wildman–Crippen MR) is 45.8 cm³/mol.